The molecular formula is C69H77F3N6O19. The molecule has 0 aliphatic carbocycles. The lowest BCUT2D eigenvalue weighted by Gasteiger charge is -2.35. The maximum atomic E-state index is 14.3. The van der Waals surface area contributed by atoms with Crippen LogP contribution in [0, 0.1) is 38.2 Å². The zero-order chi connectivity index (χ0) is 71.9. The van der Waals surface area contributed by atoms with E-state index in [9.17, 15) is 66.2 Å². The summed E-state index contributed by atoms with van der Waals surface area (Å²) in [5.74, 6) is -4.07. The normalized spacial score (nSPS) is 20.3. The molecule has 3 fully saturated rings. The highest BCUT2D eigenvalue weighted by Crippen LogP contribution is 2.47. The van der Waals surface area contributed by atoms with Crippen molar-refractivity contribution < 1.29 is 104 Å². The number of fused-ring (bicyclic) bond motifs is 7. The van der Waals surface area contributed by atoms with Gasteiger partial charge in [-0.05, 0) is 108 Å². The summed E-state index contributed by atoms with van der Waals surface area (Å²) in [4.78, 5) is 139. The molecule has 5 aliphatic heterocycles. The predicted molar refractivity (Wildman–Crippen MR) is 341 cm³/mol. The first kappa shape index (κ1) is 72.8. The maximum absolute atomic E-state index is 14.3. The Morgan fingerprint density at radius 2 is 0.866 bits per heavy atom. The highest BCUT2D eigenvalue weighted by Gasteiger charge is 2.57. The number of Topliss-reactive ketones (excluding diaryl/α,β-unsaturated/α-hetero) is 4. The first-order valence-corrected chi connectivity index (χ1v) is 30.8. The van der Waals surface area contributed by atoms with Crippen LogP contribution in [0.5, 0.6) is 17.2 Å². The number of esters is 3. The van der Waals surface area contributed by atoms with Gasteiger partial charge in [0.05, 0.1) is 87.6 Å². The average molecular weight is 1350 g/mol. The van der Waals surface area contributed by atoms with Gasteiger partial charge in [0, 0.05) is 35.4 Å². The van der Waals surface area contributed by atoms with Gasteiger partial charge in [-0.1, -0.05) is 36.4 Å². The van der Waals surface area contributed by atoms with Crippen molar-refractivity contribution in [3.63, 3.8) is 0 Å². The lowest BCUT2D eigenvalue weighted by Crippen LogP contribution is -2.47. The van der Waals surface area contributed by atoms with E-state index in [0.29, 0.717) is 27.5 Å². The van der Waals surface area contributed by atoms with Crippen LogP contribution in [0.4, 0.5) is 27.6 Å². The quantitative estimate of drug-likeness (QED) is 0.0974. The number of carbonyl (C=O) groups is 10. The third-order valence-corrected chi connectivity index (χ3v) is 16.1. The van der Waals surface area contributed by atoms with Crippen LogP contribution in [0.3, 0.4) is 0 Å². The van der Waals surface area contributed by atoms with Gasteiger partial charge in [0.15, 0.2) is 34.6 Å². The molecule has 5 atom stereocenters. The molecule has 25 nitrogen and oxygen atoms in total. The summed E-state index contributed by atoms with van der Waals surface area (Å²) in [5, 5.41) is 10.8. The van der Waals surface area contributed by atoms with Crippen LogP contribution in [0.1, 0.15) is 149 Å². The molecule has 6 aromatic rings. The van der Waals surface area contributed by atoms with Crippen molar-refractivity contribution in [1.29, 1.82) is 0 Å². The predicted octanol–water partition coefficient (Wildman–Crippen LogP) is 10.5. The Labute approximate surface area is 556 Å². The summed E-state index contributed by atoms with van der Waals surface area (Å²) in [6.45, 7) is 21.5. The van der Waals surface area contributed by atoms with Gasteiger partial charge in [-0.3, -0.25) is 33.9 Å². The Balaban J connectivity index is 0.000000173. The van der Waals surface area contributed by atoms with Gasteiger partial charge in [0.1, 0.15) is 85.9 Å². The van der Waals surface area contributed by atoms with Crippen LogP contribution < -0.4 is 9.47 Å². The highest BCUT2D eigenvalue weighted by atomic mass is 19.1. The molecule has 0 unspecified atom stereocenters. The number of aryl methyl sites for hydroxylation is 3. The van der Waals surface area contributed by atoms with Crippen molar-refractivity contribution in [2.24, 2.45) is 0 Å². The van der Waals surface area contributed by atoms with Crippen LogP contribution in [0.15, 0.2) is 54.6 Å². The lowest BCUT2D eigenvalue weighted by molar-refractivity contribution is -0.146. The Morgan fingerprint density at radius 1 is 0.526 bits per heavy atom. The Hall–Kier alpha value is -10.0. The van der Waals surface area contributed by atoms with Gasteiger partial charge in [0.2, 0.25) is 0 Å². The molecule has 1 N–H and O–H groups in total. The topological polar surface area (TPSA) is 313 Å². The number of hydrogen-bond donors (Lipinski definition) is 1. The Bertz CT molecular complexity index is 4060. The van der Waals surface area contributed by atoms with E-state index in [1.165, 1.54) is 81.4 Å². The van der Waals surface area contributed by atoms with Crippen LogP contribution >= 0.6 is 0 Å². The van der Waals surface area contributed by atoms with E-state index >= 15 is 0 Å². The van der Waals surface area contributed by atoms with Gasteiger partial charge < -0.3 is 43.0 Å². The fourth-order valence-electron chi connectivity index (χ4n) is 12.1. The van der Waals surface area contributed by atoms with Crippen LogP contribution in [-0.2, 0) is 47.6 Å². The zero-order valence-electron chi connectivity index (χ0n) is 56.7. The number of hydrogen-bond acceptors (Lipinski definition) is 22. The third-order valence-electron chi connectivity index (χ3n) is 16.1. The number of ketones is 4. The molecule has 8 heterocycles. The number of rotatable bonds is 4. The van der Waals surface area contributed by atoms with Crippen LogP contribution in [0.2, 0.25) is 0 Å². The first-order chi connectivity index (χ1) is 45.2. The fourth-order valence-corrected chi connectivity index (χ4v) is 12.1. The molecule has 3 aromatic carbocycles. The van der Waals surface area contributed by atoms with Crippen molar-refractivity contribution in [1.82, 2.24) is 29.7 Å². The second-order valence-electron chi connectivity index (χ2n) is 27.1. The smallest absolute Gasteiger partial charge is 0.411 e. The van der Waals surface area contributed by atoms with Gasteiger partial charge in [-0.25, -0.2) is 56.9 Å². The number of pyridine rings is 3. The van der Waals surface area contributed by atoms with E-state index in [2.05, 4.69) is 19.7 Å². The molecule has 11 rings (SSSR count). The molecular weight excluding hydrogens is 1270 g/mol. The monoisotopic (exact) mass is 1350 g/mol. The number of ether oxygens (including phenoxy) is 8. The Kier molecular flexibility index (Phi) is 20.7. The molecule has 3 aromatic heterocycles. The standard InChI is InChI=1S/2C23H25FN2O6.C12H10FNO2.C11H17NO5/c2*1-12-19-17(13-7-6-8-14(24)18(13)25-12)16(27)10-23(31-19)9-15(20(28)30-5)26(11-23)21(29)32-22(2,3)4;1-6-12(16)10(7(2)15)8-4-3-5-9(13)11(8)14-6;1-11(2,3)17-10(15)12-6-7(13)5-8(12)9(14)16-4/h2*6-8,15H,9-11H2,1-5H3;3-5,16H,1-2H3;8H,5-6H2,1-4H3/t15-,23+;15-,23-;;8-/m00.0/s1. The van der Waals surface area contributed by atoms with E-state index in [1.807, 2.05) is 0 Å². The van der Waals surface area contributed by atoms with Crippen molar-refractivity contribution in [2.45, 2.75) is 168 Å². The molecule has 0 radical (unpaired) electrons. The number of carbonyl (C=O) groups excluding carboxylic acids is 10. The summed E-state index contributed by atoms with van der Waals surface area (Å²) in [5.41, 5.74) is -2.55. The maximum Gasteiger partial charge on any atom is 0.411 e. The number of halogens is 3. The van der Waals surface area contributed by atoms with Crippen molar-refractivity contribution in [2.75, 3.05) is 41.0 Å². The van der Waals surface area contributed by atoms with Crippen LogP contribution in [-0.4, -0.2) is 181 Å². The zero-order valence-corrected chi connectivity index (χ0v) is 56.7. The van der Waals surface area contributed by atoms with E-state index in [4.69, 9.17) is 33.2 Å². The van der Waals surface area contributed by atoms with Crippen molar-refractivity contribution in [3.05, 3.63) is 106 Å². The molecule has 518 valence electrons. The van der Waals surface area contributed by atoms with Gasteiger partial charge in [-0.2, -0.15) is 0 Å². The molecule has 2 spiro atoms. The number of amides is 3. The number of aromatic nitrogens is 3. The Morgan fingerprint density at radius 3 is 1.23 bits per heavy atom. The molecule has 3 amide bonds. The van der Waals surface area contributed by atoms with E-state index in [1.54, 1.807) is 94.4 Å². The molecule has 97 heavy (non-hydrogen) atoms. The summed E-state index contributed by atoms with van der Waals surface area (Å²) >= 11 is 0. The van der Waals surface area contributed by atoms with Gasteiger partial charge >= 0.3 is 36.2 Å². The molecule has 28 heteroatoms. The molecule has 3 saturated heterocycles. The molecule has 5 aliphatic rings. The number of benzene rings is 3. The average Bonchev–Trinajstić information content (AvgIpc) is 1.70. The van der Waals surface area contributed by atoms with Crippen LogP contribution in [0.25, 0.3) is 32.7 Å². The summed E-state index contributed by atoms with van der Waals surface area (Å²) in [6, 6.07) is 10.4. The van der Waals surface area contributed by atoms with Gasteiger partial charge in [-0.15, -0.1) is 0 Å². The summed E-state index contributed by atoms with van der Waals surface area (Å²) < 4.78 is 85.0. The minimum Gasteiger partial charge on any atom is -0.505 e. The summed E-state index contributed by atoms with van der Waals surface area (Å²) in [6.07, 6.45) is -2.10. The SMILES string of the molecule is CC(=O)c1c(O)c(C)nc2c(F)cccc12.COC(=O)[C@@H]1CC(=O)CN1C(=O)OC(C)(C)C.COC(=O)[C@@H]1C[C@@]2(CC(=O)c3c(c(C)nc4c(F)cccc34)O2)CN1C(=O)OC(C)(C)C.COC(=O)[C@@H]1C[C@]2(CC(=O)c3c(c(C)nc4c(F)cccc34)O2)CN1C(=O)OC(C)(C)C. The van der Waals surface area contributed by atoms with E-state index < -0.39 is 99.8 Å². The molecule has 0 bridgehead atoms. The van der Waals surface area contributed by atoms with E-state index in [0.717, 1.165) is 4.90 Å². The number of methoxy groups -OCH3 is 3. The number of likely N-dealkylation sites (tertiary alicyclic amines) is 3. The summed E-state index contributed by atoms with van der Waals surface area (Å²) in [7, 11) is 3.69. The largest absolute Gasteiger partial charge is 0.505 e. The van der Waals surface area contributed by atoms with E-state index in [-0.39, 0.29) is 131 Å². The molecule has 0 saturated carbocycles. The second-order valence-corrected chi connectivity index (χ2v) is 27.1. The number of para-hydroxylation sites is 3. The van der Waals surface area contributed by atoms with Crippen molar-refractivity contribution >= 4 is 92.0 Å². The first-order valence-electron chi connectivity index (χ1n) is 30.8. The number of nitrogens with zero attached hydrogens (tertiary/aromatic N) is 6. The minimum absolute atomic E-state index is 0.00802. The van der Waals surface area contributed by atoms with Crippen molar-refractivity contribution in [3.8, 4) is 17.2 Å². The third kappa shape index (κ3) is 15.6. The fraction of sp³-hybridized carbons (Fsp3) is 0.464. The number of aromatic hydroxyl groups is 1. The minimum atomic E-state index is -1.15. The highest BCUT2D eigenvalue weighted by molar-refractivity contribution is 6.13. The van der Waals surface area contributed by atoms with Gasteiger partial charge in [0.25, 0.3) is 0 Å². The second kappa shape index (κ2) is 27.6. The lowest BCUT2D eigenvalue weighted by atomic mass is 9.86.